The van der Waals surface area contributed by atoms with Gasteiger partial charge in [0.1, 0.15) is 19.1 Å². The highest BCUT2D eigenvalue weighted by atomic mass is 16.3. The summed E-state index contributed by atoms with van der Waals surface area (Å²) < 4.78 is 20.4. The number of benzene rings is 2. The van der Waals surface area contributed by atoms with E-state index in [1.54, 1.807) is 0 Å². The van der Waals surface area contributed by atoms with Crippen LogP contribution in [0.2, 0.25) is 0 Å². The molecule has 18 heavy (non-hydrogen) atoms. The smallest absolute Gasteiger partial charge is 0.150 e. The third-order valence-corrected chi connectivity index (χ3v) is 1.94. The van der Waals surface area contributed by atoms with Crippen molar-refractivity contribution in [1.29, 1.82) is 0 Å². The molecule has 0 aliphatic heterocycles. The minimum Gasteiger partial charge on any atom is -0.508 e. The Kier molecular flexibility index (Phi) is 3.81. The Morgan fingerprint density at radius 1 is 1.11 bits per heavy atom. The Balaban J connectivity index is 0.000000211. The summed E-state index contributed by atoms with van der Waals surface area (Å²) in [7, 11) is 0. The zero-order valence-electron chi connectivity index (χ0n) is 12.4. The minimum absolute atomic E-state index is 0.0121. The highest BCUT2D eigenvalue weighted by Gasteiger charge is 1.89. The van der Waals surface area contributed by atoms with Gasteiger partial charge in [-0.1, -0.05) is 24.3 Å². The van der Waals surface area contributed by atoms with Crippen LogP contribution in [0.5, 0.6) is 11.5 Å². The Labute approximate surface area is 109 Å². The van der Waals surface area contributed by atoms with Crippen molar-refractivity contribution in [2.75, 3.05) is 0 Å². The summed E-state index contributed by atoms with van der Waals surface area (Å²) in [5, 5.41) is 26.6. The van der Waals surface area contributed by atoms with Crippen molar-refractivity contribution in [3.05, 3.63) is 59.7 Å². The number of carbonyl (C=O) groups excluding carboxylic acids is 1. The van der Waals surface area contributed by atoms with Crippen molar-refractivity contribution in [2.45, 2.75) is 6.56 Å². The largest absolute Gasteiger partial charge is 0.508 e. The Morgan fingerprint density at radius 2 is 1.72 bits per heavy atom. The van der Waals surface area contributed by atoms with Crippen molar-refractivity contribution in [3.63, 3.8) is 0 Å². The number of aromatic hydroxyl groups is 2. The Hall–Kier alpha value is -2.33. The molecule has 0 atom stereocenters. The summed E-state index contributed by atoms with van der Waals surface area (Å²) in [5.74, 6) is -0.0430. The van der Waals surface area contributed by atoms with Gasteiger partial charge in [0.2, 0.25) is 0 Å². The second-order valence-electron chi connectivity index (χ2n) is 3.31. The van der Waals surface area contributed by atoms with Gasteiger partial charge in [0.05, 0.1) is 9.30 Å². The van der Waals surface area contributed by atoms with Gasteiger partial charge in [-0.15, -0.1) is 0 Å². The molecule has 0 radical (unpaired) electrons. The second kappa shape index (κ2) is 7.09. The number of aliphatic hydroxyl groups is 1. The summed E-state index contributed by atoms with van der Waals surface area (Å²) in [4.78, 5) is 10.4. The molecule has 0 aliphatic rings. The molecule has 4 heteroatoms. The van der Waals surface area contributed by atoms with E-state index in [-0.39, 0.29) is 22.6 Å². The second-order valence-corrected chi connectivity index (χ2v) is 3.31. The topological polar surface area (TPSA) is 77.8 Å². The number of aldehydes is 1. The van der Waals surface area contributed by atoms with Crippen LogP contribution in [0.1, 0.15) is 20.0 Å². The van der Waals surface area contributed by atoms with E-state index in [9.17, 15) is 4.79 Å². The SMILES string of the molecule is [2H]C(=O)c1cccc(O)c1.[2H]C([2H])(O)c1cccc(O)c1. The number of hydrogen-bond acceptors (Lipinski definition) is 4. The molecule has 0 spiro atoms. The van der Waals surface area contributed by atoms with Crippen LogP contribution in [0.25, 0.3) is 0 Å². The van der Waals surface area contributed by atoms with Crippen molar-refractivity contribution in [3.8, 4) is 11.5 Å². The third kappa shape index (κ3) is 4.67. The molecule has 94 valence electrons. The fraction of sp³-hybridized carbons (Fsp3) is 0.0714. The molecule has 0 bridgehead atoms. The summed E-state index contributed by atoms with van der Waals surface area (Å²) in [6, 6.07) is 11.2. The van der Waals surface area contributed by atoms with Gasteiger partial charge in [-0.3, -0.25) is 4.79 Å². The number of hydrogen-bond donors (Lipinski definition) is 3. The molecule has 0 saturated heterocycles. The van der Waals surface area contributed by atoms with E-state index in [0.29, 0.717) is 0 Å². The van der Waals surface area contributed by atoms with Crippen LogP contribution in [-0.4, -0.2) is 21.6 Å². The summed E-state index contributed by atoms with van der Waals surface area (Å²) in [6.07, 6.45) is -0.782. The predicted octanol–water partition coefficient (Wildman–Crippen LogP) is 2.09. The molecule has 4 nitrogen and oxygen atoms in total. The molecule has 0 amide bonds. The molecule has 2 aromatic rings. The molecule has 0 fully saturated rings. The van der Waals surface area contributed by atoms with Gasteiger partial charge < -0.3 is 15.3 Å². The van der Waals surface area contributed by atoms with Crippen LogP contribution >= 0.6 is 0 Å². The van der Waals surface area contributed by atoms with Gasteiger partial charge >= 0.3 is 0 Å². The normalized spacial score (nSPS) is 12.4. The number of rotatable bonds is 2. The van der Waals surface area contributed by atoms with E-state index in [0.717, 1.165) is 0 Å². The van der Waals surface area contributed by atoms with E-state index in [4.69, 9.17) is 19.4 Å². The van der Waals surface area contributed by atoms with Gasteiger partial charge in [0.15, 0.2) is 0 Å². The van der Waals surface area contributed by atoms with Gasteiger partial charge in [0, 0.05) is 5.56 Å². The van der Waals surface area contributed by atoms with Crippen LogP contribution < -0.4 is 0 Å². The maximum Gasteiger partial charge on any atom is 0.150 e. The lowest BCUT2D eigenvalue weighted by atomic mass is 10.2. The minimum atomic E-state index is -2.38. The fourth-order valence-electron chi connectivity index (χ4n) is 1.14. The lowest BCUT2D eigenvalue weighted by Gasteiger charge is -1.93. The standard InChI is InChI=1S/C7H8O2.C7H6O2/c2*8-5-6-2-1-3-7(9)4-6/h1-4,8-9H,5H2;1-5,9H/i5D2;5D. The zero-order chi connectivity index (χ0) is 16.0. The van der Waals surface area contributed by atoms with E-state index >= 15 is 0 Å². The van der Waals surface area contributed by atoms with Crippen LogP contribution in [0, 0.1) is 0 Å². The average Bonchev–Trinajstić information content (AvgIpc) is 2.38. The first-order valence-corrected chi connectivity index (χ1v) is 5.02. The maximum absolute atomic E-state index is 10.4. The monoisotopic (exact) mass is 249 g/mol. The maximum atomic E-state index is 10.4. The molecule has 0 unspecified atom stereocenters. The Bertz CT molecular complexity index is 624. The van der Waals surface area contributed by atoms with Crippen LogP contribution in [0.4, 0.5) is 0 Å². The highest BCUT2D eigenvalue weighted by Crippen LogP contribution is 2.10. The van der Waals surface area contributed by atoms with Crippen molar-refractivity contribution >= 4 is 6.26 Å². The number of phenols is 2. The van der Waals surface area contributed by atoms with Gasteiger partial charge in [-0.25, -0.2) is 0 Å². The molecule has 2 aromatic carbocycles. The number of phenolic OH excluding ortho intramolecular Hbond substituents is 2. The van der Waals surface area contributed by atoms with Crippen molar-refractivity contribution in [1.82, 2.24) is 0 Å². The first-order chi connectivity index (χ1) is 9.70. The molecule has 0 aromatic heterocycles. The highest BCUT2D eigenvalue weighted by molar-refractivity contribution is 5.75. The average molecular weight is 249 g/mol. The quantitative estimate of drug-likeness (QED) is 0.712. The van der Waals surface area contributed by atoms with E-state index in [1.165, 1.54) is 48.5 Å². The van der Waals surface area contributed by atoms with Gasteiger partial charge in [-0.2, -0.15) is 0 Å². The molecule has 0 aliphatic carbocycles. The first-order valence-electron chi connectivity index (χ1n) is 6.52. The van der Waals surface area contributed by atoms with Crippen LogP contribution in [0.3, 0.4) is 0 Å². The summed E-state index contributed by atoms with van der Waals surface area (Å²) in [6.45, 7) is -2.38. The summed E-state index contributed by atoms with van der Waals surface area (Å²) >= 11 is 0. The number of carbonyl (C=O) groups is 1. The first kappa shape index (κ1) is 9.67. The van der Waals surface area contributed by atoms with Gasteiger partial charge in [-0.05, 0) is 29.8 Å². The summed E-state index contributed by atoms with van der Waals surface area (Å²) in [5.41, 5.74) is 0.262. The zero-order valence-corrected chi connectivity index (χ0v) is 9.37. The van der Waals surface area contributed by atoms with Crippen molar-refractivity contribution < 1.29 is 24.2 Å². The molecule has 0 heterocycles. The predicted molar refractivity (Wildman–Crippen MR) is 67.5 cm³/mol. The fourth-order valence-corrected chi connectivity index (χ4v) is 1.14. The molecular weight excluding hydrogens is 232 g/mol. The van der Waals surface area contributed by atoms with E-state index in [1.807, 2.05) is 0 Å². The molecular formula is C14H14O4. The van der Waals surface area contributed by atoms with Gasteiger partial charge in [0.25, 0.3) is 0 Å². The lowest BCUT2D eigenvalue weighted by molar-refractivity contribution is 0.112. The van der Waals surface area contributed by atoms with E-state index < -0.39 is 12.8 Å². The molecule has 0 saturated carbocycles. The third-order valence-electron chi connectivity index (χ3n) is 1.94. The van der Waals surface area contributed by atoms with Crippen LogP contribution in [0.15, 0.2) is 48.5 Å². The van der Waals surface area contributed by atoms with E-state index in [2.05, 4.69) is 0 Å². The van der Waals surface area contributed by atoms with Crippen molar-refractivity contribution in [2.24, 2.45) is 0 Å². The van der Waals surface area contributed by atoms with Crippen LogP contribution in [-0.2, 0) is 6.56 Å². The lowest BCUT2D eigenvalue weighted by Crippen LogP contribution is -1.79. The molecule has 2 rings (SSSR count). The molecule has 3 N–H and O–H groups in total. The Morgan fingerprint density at radius 3 is 2.11 bits per heavy atom.